The molecule has 1 aliphatic rings. The first kappa shape index (κ1) is 10.6. The highest BCUT2D eigenvalue weighted by atomic mass is 15.3. The molecule has 0 aliphatic heterocycles. The Hall–Kier alpha value is -0.900. The Morgan fingerprint density at radius 2 is 2.40 bits per heavy atom. The largest absolute Gasteiger partial charge is 0.307 e. The highest BCUT2D eigenvalue weighted by Crippen LogP contribution is 2.28. The van der Waals surface area contributed by atoms with E-state index in [2.05, 4.69) is 22.3 Å². The predicted molar refractivity (Wildman–Crippen MR) is 59.3 cm³/mol. The molecule has 15 heavy (non-hydrogen) atoms. The smallest absolute Gasteiger partial charge is 0.164 e. The molecular formula is C11H20N4. The van der Waals surface area contributed by atoms with Crippen molar-refractivity contribution < 1.29 is 0 Å². The lowest BCUT2D eigenvalue weighted by atomic mass is 10.0. The molecule has 0 amide bonds. The Labute approximate surface area is 91.1 Å². The number of nitrogens with zero attached hydrogens (tertiary/aromatic N) is 3. The van der Waals surface area contributed by atoms with Gasteiger partial charge in [-0.25, -0.2) is 4.98 Å². The summed E-state index contributed by atoms with van der Waals surface area (Å²) in [5.74, 6) is 1.76. The lowest BCUT2D eigenvalue weighted by Crippen LogP contribution is -2.32. The van der Waals surface area contributed by atoms with Crippen molar-refractivity contribution in [3.8, 4) is 0 Å². The molecule has 1 saturated carbocycles. The fourth-order valence-corrected chi connectivity index (χ4v) is 2.48. The zero-order valence-electron chi connectivity index (χ0n) is 9.61. The molecule has 1 N–H and O–H groups in total. The standard InChI is InChI=1S/C11H20N4/c1-3-9-5-4-6-10(9)12-7-11-13-8-15(2)14-11/h8-10,12H,3-7H2,1-2H3. The molecule has 2 unspecified atom stereocenters. The summed E-state index contributed by atoms with van der Waals surface area (Å²) in [5.41, 5.74) is 0. The van der Waals surface area contributed by atoms with E-state index in [0.29, 0.717) is 6.04 Å². The molecule has 1 aliphatic carbocycles. The van der Waals surface area contributed by atoms with E-state index >= 15 is 0 Å². The first-order chi connectivity index (χ1) is 7.29. The molecular weight excluding hydrogens is 188 g/mol. The van der Waals surface area contributed by atoms with E-state index in [1.807, 2.05) is 7.05 Å². The van der Waals surface area contributed by atoms with Gasteiger partial charge in [-0.2, -0.15) is 5.10 Å². The number of hydrogen-bond donors (Lipinski definition) is 1. The van der Waals surface area contributed by atoms with E-state index in [-0.39, 0.29) is 0 Å². The highest BCUT2D eigenvalue weighted by Gasteiger charge is 2.25. The van der Waals surface area contributed by atoms with E-state index in [1.165, 1.54) is 25.7 Å². The molecule has 0 saturated heterocycles. The molecule has 4 nitrogen and oxygen atoms in total. The topological polar surface area (TPSA) is 42.7 Å². The second-order valence-electron chi connectivity index (χ2n) is 4.42. The molecule has 4 heteroatoms. The van der Waals surface area contributed by atoms with Crippen LogP contribution in [0.2, 0.25) is 0 Å². The van der Waals surface area contributed by atoms with Crippen LogP contribution in [0.25, 0.3) is 0 Å². The molecule has 2 atom stereocenters. The predicted octanol–water partition coefficient (Wildman–Crippen LogP) is 1.48. The summed E-state index contributed by atoms with van der Waals surface area (Å²) in [7, 11) is 1.90. The van der Waals surface area contributed by atoms with Crippen LogP contribution < -0.4 is 5.32 Å². The van der Waals surface area contributed by atoms with Crippen LogP contribution in [-0.2, 0) is 13.6 Å². The third kappa shape index (κ3) is 2.56. The van der Waals surface area contributed by atoms with E-state index < -0.39 is 0 Å². The Bertz CT molecular complexity index is 307. The van der Waals surface area contributed by atoms with Gasteiger partial charge >= 0.3 is 0 Å². The summed E-state index contributed by atoms with van der Waals surface area (Å²) in [6.07, 6.45) is 7.09. The molecule has 1 fully saturated rings. The van der Waals surface area contributed by atoms with Crippen LogP contribution in [0.15, 0.2) is 6.33 Å². The Balaban J connectivity index is 1.82. The van der Waals surface area contributed by atoms with Gasteiger partial charge in [-0.05, 0) is 18.8 Å². The van der Waals surface area contributed by atoms with Crippen LogP contribution in [0.4, 0.5) is 0 Å². The van der Waals surface area contributed by atoms with Gasteiger partial charge in [0.2, 0.25) is 0 Å². The minimum atomic E-state index is 0.679. The molecule has 0 radical (unpaired) electrons. The van der Waals surface area contributed by atoms with E-state index in [0.717, 1.165) is 18.3 Å². The van der Waals surface area contributed by atoms with E-state index in [4.69, 9.17) is 0 Å². The molecule has 0 spiro atoms. The monoisotopic (exact) mass is 208 g/mol. The van der Waals surface area contributed by atoms with Gasteiger partial charge in [0.15, 0.2) is 5.82 Å². The molecule has 1 heterocycles. The van der Waals surface area contributed by atoms with Crippen molar-refractivity contribution in [2.24, 2.45) is 13.0 Å². The molecule has 0 aromatic carbocycles. The van der Waals surface area contributed by atoms with Crippen molar-refractivity contribution in [1.82, 2.24) is 20.1 Å². The van der Waals surface area contributed by atoms with Gasteiger partial charge in [-0.1, -0.05) is 19.8 Å². The molecule has 2 rings (SSSR count). The number of nitrogens with one attached hydrogen (secondary N) is 1. The Kier molecular flexibility index (Phi) is 3.36. The second kappa shape index (κ2) is 4.75. The van der Waals surface area contributed by atoms with Crippen molar-refractivity contribution in [2.75, 3.05) is 0 Å². The maximum Gasteiger partial charge on any atom is 0.164 e. The van der Waals surface area contributed by atoms with E-state index in [9.17, 15) is 0 Å². The first-order valence-corrected chi connectivity index (χ1v) is 5.87. The SMILES string of the molecule is CCC1CCCC1NCc1ncn(C)n1. The Morgan fingerprint density at radius 1 is 1.53 bits per heavy atom. The molecule has 1 aromatic heterocycles. The number of hydrogen-bond acceptors (Lipinski definition) is 3. The third-order valence-corrected chi connectivity index (χ3v) is 3.35. The van der Waals surface area contributed by atoms with E-state index in [1.54, 1.807) is 11.0 Å². The molecule has 1 aromatic rings. The fraction of sp³-hybridized carbons (Fsp3) is 0.818. The van der Waals surface area contributed by atoms with Crippen molar-refractivity contribution in [2.45, 2.75) is 45.2 Å². The van der Waals surface area contributed by atoms with Gasteiger partial charge in [0.05, 0.1) is 6.54 Å². The minimum absolute atomic E-state index is 0.679. The summed E-state index contributed by atoms with van der Waals surface area (Å²) in [4.78, 5) is 4.22. The zero-order chi connectivity index (χ0) is 10.7. The van der Waals surface area contributed by atoms with Crippen LogP contribution in [0.5, 0.6) is 0 Å². The number of aryl methyl sites for hydroxylation is 1. The van der Waals surface area contributed by atoms with Crippen molar-refractivity contribution in [3.63, 3.8) is 0 Å². The van der Waals surface area contributed by atoms with Gasteiger partial charge in [0, 0.05) is 13.1 Å². The summed E-state index contributed by atoms with van der Waals surface area (Å²) in [6.45, 7) is 3.09. The molecule has 84 valence electrons. The van der Waals surface area contributed by atoms with Crippen molar-refractivity contribution in [3.05, 3.63) is 12.2 Å². The van der Waals surface area contributed by atoms with Crippen LogP contribution in [0, 0.1) is 5.92 Å². The lowest BCUT2D eigenvalue weighted by Gasteiger charge is -2.18. The van der Waals surface area contributed by atoms with Crippen molar-refractivity contribution in [1.29, 1.82) is 0 Å². The van der Waals surface area contributed by atoms with Gasteiger partial charge in [0.1, 0.15) is 6.33 Å². The number of rotatable bonds is 4. The second-order valence-corrected chi connectivity index (χ2v) is 4.42. The van der Waals surface area contributed by atoms with Crippen LogP contribution in [-0.4, -0.2) is 20.8 Å². The first-order valence-electron chi connectivity index (χ1n) is 5.87. The summed E-state index contributed by atoms with van der Waals surface area (Å²) >= 11 is 0. The Morgan fingerprint density at radius 3 is 3.07 bits per heavy atom. The summed E-state index contributed by atoms with van der Waals surface area (Å²) < 4.78 is 1.75. The van der Waals surface area contributed by atoms with Crippen molar-refractivity contribution >= 4 is 0 Å². The van der Waals surface area contributed by atoms with Gasteiger partial charge in [-0.3, -0.25) is 4.68 Å². The van der Waals surface area contributed by atoms with Gasteiger partial charge in [-0.15, -0.1) is 0 Å². The fourth-order valence-electron chi connectivity index (χ4n) is 2.48. The van der Waals surface area contributed by atoms with Crippen LogP contribution in [0.1, 0.15) is 38.4 Å². The van der Waals surface area contributed by atoms with Gasteiger partial charge < -0.3 is 5.32 Å². The maximum atomic E-state index is 4.27. The maximum absolute atomic E-state index is 4.27. The zero-order valence-corrected chi connectivity index (χ0v) is 9.61. The average molecular weight is 208 g/mol. The number of aromatic nitrogens is 3. The highest BCUT2D eigenvalue weighted by molar-refractivity contribution is 4.86. The van der Waals surface area contributed by atoms with Crippen LogP contribution in [0.3, 0.4) is 0 Å². The minimum Gasteiger partial charge on any atom is -0.307 e. The summed E-state index contributed by atoms with van der Waals surface area (Å²) in [6, 6.07) is 0.679. The van der Waals surface area contributed by atoms with Gasteiger partial charge in [0.25, 0.3) is 0 Å². The quantitative estimate of drug-likeness (QED) is 0.815. The summed E-state index contributed by atoms with van der Waals surface area (Å²) in [5, 5.41) is 7.84. The third-order valence-electron chi connectivity index (χ3n) is 3.35. The van der Waals surface area contributed by atoms with Crippen LogP contribution >= 0.6 is 0 Å². The average Bonchev–Trinajstić information content (AvgIpc) is 2.83. The lowest BCUT2D eigenvalue weighted by molar-refractivity contribution is 0.385. The normalized spacial score (nSPS) is 26.0. The molecule has 0 bridgehead atoms.